The lowest BCUT2D eigenvalue weighted by atomic mass is 10.4. The van der Waals surface area contributed by atoms with Gasteiger partial charge < -0.3 is 9.64 Å². The molecule has 0 aromatic heterocycles. The number of hydrogen-bond donors (Lipinski definition) is 0. The van der Waals surface area contributed by atoms with E-state index >= 15 is 0 Å². The summed E-state index contributed by atoms with van der Waals surface area (Å²) in [6, 6.07) is 0. The standard InChI is InChI=1S/C9H7F8NO3/c10-5(11)1-2-21-7(20)6(19)18(3-8(12,13)14)4-9(15,16)17/h1H,2-4H2. The van der Waals surface area contributed by atoms with E-state index in [9.17, 15) is 44.7 Å². The van der Waals surface area contributed by atoms with Crippen molar-refractivity contribution < 1.29 is 49.4 Å². The van der Waals surface area contributed by atoms with Gasteiger partial charge in [-0.25, -0.2) is 4.79 Å². The molecule has 0 aliphatic rings. The Bertz CT molecular complexity index is 394. The predicted octanol–water partition coefficient (Wildman–Crippen LogP) is 2.26. The monoisotopic (exact) mass is 329 g/mol. The summed E-state index contributed by atoms with van der Waals surface area (Å²) in [5, 5.41) is 0. The zero-order valence-electron chi connectivity index (χ0n) is 9.89. The highest BCUT2D eigenvalue weighted by atomic mass is 19.4. The molecule has 1 amide bonds. The van der Waals surface area contributed by atoms with Gasteiger partial charge in [0.25, 0.3) is 6.08 Å². The van der Waals surface area contributed by atoms with E-state index in [4.69, 9.17) is 0 Å². The molecule has 0 fully saturated rings. The molecular formula is C9H7F8NO3. The Morgan fingerprint density at radius 2 is 1.38 bits per heavy atom. The van der Waals surface area contributed by atoms with E-state index in [-0.39, 0.29) is 6.08 Å². The molecule has 122 valence electrons. The molecule has 0 N–H and O–H groups in total. The third-order valence-electron chi connectivity index (χ3n) is 1.65. The number of amides is 1. The fourth-order valence-electron chi connectivity index (χ4n) is 1.00. The molecule has 4 nitrogen and oxygen atoms in total. The van der Waals surface area contributed by atoms with Crippen molar-refractivity contribution in [3.05, 3.63) is 12.2 Å². The van der Waals surface area contributed by atoms with Crippen molar-refractivity contribution in [1.82, 2.24) is 4.90 Å². The van der Waals surface area contributed by atoms with Crippen molar-refractivity contribution in [3.8, 4) is 0 Å². The summed E-state index contributed by atoms with van der Waals surface area (Å²) in [6.45, 7) is -5.85. The number of carbonyl (C=O) groups excluding carboxylic acids is 2. The van der Waals surface area contributed by atoms with E-state index in [0.29, 0.717) is 0 Å². The minimum absolute atomic E-state index is 0.00301. The summed E-state index contributed by atoms with van der Waals surface area (Å²) in [6.07, 6.45) is -12.7. The smallest absolute Gasteiger partial charge is 0.406 e. The highest BCUT2D eigenvalue weighted by Gasteiger charge is 2.41. The lowest BCUT2D eigenvalue weighted by Crippen LogP contribution is -2.47. The van der Waals surface area contributed by atoms with Crippen LogP contribution in [0.4, 0.5) is 35.1 Å². The van der Waals surface area contributed by atoms with E-state index in [1.165, 1.54) is 0 Å². The topological polar surface area (TPSA) is 46.6 Å². The third kappa shape index (κ3) is 9.62. The van der Waals surface area contributed by atoms with Crippen molar-refractivity contribution in [1.29, 1.82) is 0 Å². The van der Waals surface area contributed by atoms with Gasteiger partial charge in [0.05, 0.1) is 0 Å². The second-order valence-corrected chi connectivity index (χ2v) is 3.48. The maximum atomic E-state index is 12.0. The van der Waals surface area contributed by atoms with Crippen molar-refractivity contribution in [3.63, 3.8) is 0 Å². The van der Waals surface area contributed by atoms with Crippen LogP contribution in [0, 0.1) is 0 Å². The maximum absolute atomic E-state index is 12.0. The van der Waals surface area contributed by atoms with Gasteiger partial charge in [-0.3, -0.25) is 4.79 Å². The number of halogens is 8. The number of esters is 1. The van der Waals surface area contributed by atoms with E-state index in [0.717, 1.165) is 0 Å². The van der Waals surface area contributed by atoms with Crippen molar-refractivity contribution in [2.75, 3.05) is 19.7 Å². The maximum Gasteiger partial charge on any atom is 0.406 e. The van der Waals surface area contributed by atoms with E-state index in [2.05, 4.69) is 4.74 Å². The Labute approximate surface area is 111 Å². The Kier molecular flexibility index (Phi) is 6.57. The molecule has 0 aliphatic carbocycles. The van der Waals surface area contributed by atoms with Crippen LogP contribution in [0.3, 0.4) is 0 Å². The molecule has 0 aromatic rings. The first-order chi connectivity index (χ1) is 9.32. The number of rotatable bonds is 4. The van der Waals surface area contributed by atoms with Crippen LogP contribution in [0.25, 0.3) is 0 Å². The van der Waals surface area contributed by atoms with Crippen LogP contribution in [0.15, 0.2) is 12.2 Å². The lowest BCUT2D eigenvalue weighted by Gasteiger charge is -2.23. The average Bonchev–Trinajstić information content (AvgIpc) is 2.22. The molecule has 21 heavy (non-hydrogen) atoms. The van der Waals surface area contributed by atoms with E-state index < -0.39 is 54.9 Å². The highest BCUT2D eigenvalue weighted by molar-refractivity contribution is 6.32. The van der Waals surface area contributed by atoms with Gasteiger partial charge in [-0.2, -0.15) is 35.1 Å². The molecule has 0 aromatic carbocycles. The number of ether oxygens (including phenoxy) is 1. The summed E-state index contributed by atoms with van der Waals surface area (Å²) in [7, 11) is 0. The van der Waals surface area contributed by atoms with Gasteiger partial charge in [0.2, 0.25) is 0 Å². The highest BCUT2D eigenvalue weighted by Crippen LogP contribution is 2.22. The Morgan fingerprint density at radius 3 is 1.71 bits per heavy atom. The van der Waals surface area contributed by atoms with Gasteiger partial charge in [0, 0.05) is 6.08 Å². The Hall–Kier alpha value is -1.88. The number of alkyl halides is 6. The first kappa shape index (κ1) is 19.1. The molecule has 0 aliphatic heterocycles. The van der Waals surface area contributed by atoms with Crippen molar-refractivity contribution >= 4 is 11.9 Å². The average molecular weight is 329 g/mol. The molecule has 0 bridgehead atoms. The summed E-state index contributed by atoms with van der Waals surface area (Å²) in [4.78, 5) is 21.2. The third-order valence-corrected chi connectivity index (χ3v) is 1.65. The summed E-state index contributed by atoms with van der Waals surface area (Å²) < 4.78 is 99.2. The predicted molar refractivity (Wildman–Crippen MR) is 49.9 cm³/mol. The Balaban J connectivity index is 4.85. The van der Waals surface area contributed by atoms with Crippen LogP contribution in [0.2, 0.25) is 0 Å². The van der Waals surface area contributed by atoms with Crippen LogP contribution in [-0.4, -0.2) is 48.8 Å². The fourth-order valence-corrected chi connectivity index (χ4v) is 1.00. The van der Waals surface area contributed by atoms with Gasteiger partial charge in [0.15, 0.2) is 0 Å². The van der Waals surface area contributed by atoms with E-state index in [1.54, 1.807) is 0 Å². The van der Waals surface area contributed by atoms with Gasteiger partial charge in [0.1, 0.15) is 19.7 Å². The van der Waals surface area contributed by atoms with Crippen LogP contribution in [0.5, 0.6) is 0 Å². The molecule has 0 saturated carbocycles. The zero-order valence-corrected chi connectivity index (χ0v) is 9.89. The SMILES string of the molecule is O=C(OCC=C(F)F)C(=O)N(CC(F)(F)F)CC(F)(F)F. The minimum atomic E-state index is -5.19. The summed E-state index contributed by atoms with van der Waals surface area (Å²) in [5.74, 6) is -4.35. The number of nitrogens with zero attached hydrogens (tertiary/aromatic N) is 1. The quantitative estimate of drug-likeness (QED) is 0.452. The van der Waals surface area contributed by atoms with Crippen LogP contribution >= 0.6 is 0 Å². The summed E-state index contributed by atoms with van der Waals surface area (Å²) >= 11 is 0. The zero-order chi connectivity index (χ0) is 16.8. The fraction of sp³-hybridized carbons (Fsp3) is 0.556. The van der Waals surface area contributed by atoms with Gasteiger partial charge in [-0.15, -0.1) is 0 Å². The first-order valence-corrected chi connectivity index (χ1v) is 4.92. The molecule has 0 atom stereocenters. The lowest BCUT2D eigenvalue weighted by molar-refractivity contribution is -0.191. The molecule has 0 radical (unpaired) electrons. The van der Waals surface area contributed by atoms with Crippen LogP contribution < -0.4 is 0 Å². The van der Waals surface area contributed by atoms with E-state index in [1.807, 2.05) is 0 Å². The molecule has 0 heterocycles. The van der Waals surface area contributed by atoms with Crippen molar-refractivity contribution in [2.24, 2.45) is 0 Å². The van der Waals surface area contributed by atoms with Crippen LogP contribution in [0.1, 0.15) is 0 Å². The van der Waals surface area contributed by atoms with Crippen molar-refractivity contribution in [2.45, 2.75) is 12.4 Å². The van der Waals surface area contributed by atoms with Gasteiger partial charge in [-0.1, -0.05) is 0 Å². The molecule has 0 saturated heterocycles. The van der Waals surface area contributed by atoms with Gasteiger partial charge in [-0.05, 0) is 0 Å². The molecular weight excluding hydrogens is 322 g/mol. The molecule has 0 spiro atoms. The largest absolute Gasteiger partial charge is 0.454 e. The molecule has 0 unspecified atom stereocenters. The normalized spacial score (nSPS) is 11.8. The minimum Gasteiger partial charge on any atom is -0.454 e. The number of carbonyl (C=O) groups is 2. The van der Waals surface area contributed by atoms with Crippen LogP contribution in [-0.2, 0) is 14.3 Å². The number of hydrogen-bond acceptors (Lipinski definition) is 3. The summed E-state index contributed by atoms with van der Waals surface area (Å²) in [5.41, 5.74) is 0. The molecule has 0 rings (SSSR count). The molecule has 12 heteroatoms. The Morgan fingerprint density at radius 1 is 0.952 bits per heavy atom. The first-order valence-electron chi connectivity index (χ1n) is 4.92. The second-order valence-electron chi connectivity index (χ2n) is 3.48. The van der Waals surface area contributed by atoms with Gasteiger partial charge >= 0.3 is 24.2 Å². The second kappa shape index (κ2) is 7.22.